The van der Waals surface area contributed by atoms with E-state index in [1.54, 1.807) is 25.3 Å². The summed E-state index contributed by atoms with van der Waals surface area (Å²) in [6.07, 6.45) is 5.12. The van der Waals surface area contributed by atoms with Gasteiger partial charge in [-0.3, -0.25) is 0 Å². The Morgan fingerprint density at radius 3 is 0.530 bits per heavy atom. The van der Waals surface area contributed by atoms with Crippen LogP contribution in [0.25, 0.3) is 66.8 Å². The standard InChI is InChI=1S/C29H26O2.C29H26O.C29H26.C25H34.2C17H18/c1-19-4-14-25-26-15-5-20(2)17-28(26)29(27(25)16-19,22-8-6-21(18-30)7-9-22)23-10-12-24(31-3)13-11-23;1-19-5-9-22(10-6-19)29(23-11-13-24(30-4)14-12-23)27-17-20(2)7-15-25(27)26-16-8-21(3)18-28(26)29;1-19-5-11-23(12-6-19)29(24-13-7-20(2)8-14-24)27-17-21(3)9-15-25(27)26-16-10-22(4)18-28(26)29;1-17(2)11-13-25(14-12-18(3)4)23-15-19(5)7-9-21(23)22-10-8-20(6)16-24(22)25;2*1-11-5-7-13-14-8-6-12(2)10-16(14)17(3,4)15(13)9-11/h4-17,30H,18H2,1-3H3;5-18H,1-4H3;5-18H,1-4H3;7-10,15-18H,11-14H2,1-6H3;2*5-10H,1-4H3. The second-order valence-electron chi connectivity index (χ2n) is 45.9. The van der Waals surface area contributed by atoms with E-state index in [1.165, 1.54) is 265 Å². The lowest BCUT2D eigenvalue weighted by Crippen LogP contribution is -2.28. The van der Waals surface area contributed by atoms with Crippen molar-refractivity contribution in [3.63, 3.8) is 0 Å². The normalized spacial score (nSPS) is 14.3. The fraction of sp³-hybridized carbons (Fsp3) is 0.260. The van der Waals surface area contributed by atoms with Crippen molar-refractivity contribution in [2.75, 3.05) is 14.2 Å². The van der Waals surface area contributed by atoms with Crippen molar-refractivity contribution in [2.45, 2.75) is 224 Å². The lowest BCUT2D eigenvalue weighted by molar-refractivity contribution is 0.282. The number of fused-ring (bicyclic) bond motifs is 18. The number of aliphatic hydroxyl groups excluding tert-OH is 1. The number of rotatable bonds is 15. The van der Waals surface area contributed by atoms with Gasteiger partial charge in [-0.05, 0) is 338 Å². The van der Waals surface area contributed by atoms with E-state index < -0.39 is 5.41 Å². The molecule has 18 aromatic rings. The van der Waals surface area contributed by atoms with Crippen molar-refractivity contribution < 1.29 is 14.6 Å². The van der Waals surface area contributed by atoms with Crippen LogP contribution in [0, 0.1) is 116 Å². The number of aryl methyl sites for hydroxylation is 15. The molecule has 0 unspecified atom stereocenters. The molecule has 6 aliphatic rings. The quantitative estimate of drug-likeness (QED) is 0.111. The molecule has 0 saturated carbocycles. The maximum absolute atomic E-state index is 9.61. The van der Waals surface area contributed by atoms with Gasteiger partial charge in [0.25, 0.3) is 0 Å². The molecule has 0 fully saturated rings. The fourth-order valence-electron chi connectivity index (χ4n) is 25.4. The molecular weight excluding hydrogens is 1800 g/mol. The molecule has 0 heterocycles. The van der Waals surface area contributed by atoms with Gasteiger partial charge < -0.3 is 14.6 Å². The predicted molar refractivity (Wildman–Crippen MR) is 630 cm³/mol. The molecule has 0 radical (unpaired) electrons. The van der Waals surface area contributed by atoms with E-state index in [0.29, 0.717) is 0 Å². The van der Waals surface area contributed by atoms with Gasteiger partial charge in [-0.15, -0.1) is 0 Å². The average molecular weight is 1950 g/mol. The molecule has 0 bridgehead atoms. The highest BCUT2D eigenvalue weighted by atomic mass is 16.5. The number of benzene rings is 18. The molecule has 0 saturated heterocycles. The van der Waals surface area contributed by atoms with Gasteiger partial charge in [0.1, 0.15) is 11.5 Å². The zero-order chi connectivity index (χ0) is 105. The minimum atomic E-state index is -0.428. The van der Waals surface area contributed by atoms with Gasteiger partial charge >= 0.3 is 0 Å². The van der Waals surface area contributed by atoms with Crippen LogP contribution in [-0.2, 0) is 39.1 Å². The van der Waals surface area contributed by atoms with E-state index in [0.717, 1.165) is 28.9 Å². The topological polar surface area (TPSA) is 38.7 Å². The van der Waals surface area contributed by atoms with Crippen molar-refractivity contribution in [2.24, 2.45) is 11.8 Å². The van der Waals surface area contributed by atoms with E-state index in [-0.39, 0.29) is 33.7 Å². The third-order valence-corrected chi connectivity index (χ3v) is 33.4. The number of aliphatic hydroxyl groups is 1. The molecule has 0 aromatic heterocycles. The third-order valence-electron chi connectivity index (χ3n) is 33.4. The van der Waals surface area contributed by atoms with E-state index in [2.05, 4.69) is 499 Å². The Hall–Kier alpha value is -14.5. The minimum Gasteiger partial charge on any atom is -0.497 e. The molecule has 0 amide bonds. The maximum Gasteiger partial charge on any atom is 0.118 e. The SMILES string of the molecule is COc1ccc(C2(c3ccc(C)cc3)c3cc(C)ccc3-c3ccc(C)cc32)cc1.COc1ccc(C2(c3ccc(CO)cc3)c3cc(C)ccc3-c3ccc(C)cc32)cc1.Cc1ccc(C2(c3ccc(C)cc3)c3cc(C)ccc3-c3ccc(C)cc32)cc1.Cc1ccc2c(c1)C(C)(C)c1cc(C)ccc1-2.Cc1ccc2c(c1)C(C)(C)c1cc(C)ccc1-2.Cc1ccc2c(c1)C(CCC(C)C)(CCC(C)C)c1cc(C)ccc1-2. The summed E-state index contributed by atoms with van der Waals surface area (Å²) >= 11 is 0. The van der Waals surface area contributed by atoms with Gasteiger partial charge in [0, 0.05) is 16.2 Å². The van der Waals surface area contributed by atoms with E-state index in [1.807, 2.05) is 24.3 Å². The van der Waals surface area contributed by atoms with Gasteiger partial charge in [0.05, 0.1) is 37.1 Å². The summed E-state index contributed by atoms with van der Waals surface area (Å²) in [7, 11) is 3.42. The summed E-state index contributed by atoms with van der Waals surface area (Å²) in [5, 5.41) is 9.61. The summed E-state index contributed by atoms with van der Waals surface area (Å²) in [6.45, 7) is 51.5. The molecule has 3 heteroatoms. The fourth-order valence-corrected chi connectivity index (χ4v) is 25.4. The molecule has 0 atom stereocenters. The second-order valence-corrected chi connectivity index (χ2v) is 45.9. The van der Waals surface area contributed by atoms with Crippen LogP contribution < -0.4 is 9.47 Å². The summed E-state index contributed by atoms with van der Waals surface area (Å²) in [5.41, 5.74) is 61.4. The van der Waals surface area contributed by atoms with Gasteiger partial charge in [-0.1, -0.05) is 479 Å². The van der Waals surface area contributed by atoms with Gasteiger partial charge in [-0.25, -0.2) is 0 Å². The number of ether oxygens (including phenoxy) is 2. The molecule has 24 rings (SSSR count). The lowest BCUT2D eigenvalue weighted by Gasteiger charge is -2.34. The first-order valence-electron chi connectivity index (χ1n) is 54.0. The molecule has 18 aromatic carbocycles. The molecule has 0 spiro atoms. The van der Waals surface area contributed by atoms with Gasteiger partial charge in [0.15, 0.2) is 0 Å². The Kier molecular flexibility index (Phi) is 28.5. The first-order valence-corrected chi connectivity index (χ1v) is 54.0. The van der Waals surface area contributed by atoms with Crippen LogP contribution >= 0.6 is 0 Å². The summed E-state index contributed by atoms with van der Waals surface area (Å²) in [4.78, 5) is 0. The molecule has 149 heavy (non-hydrogen) atoms. The molecule has 0 aliphatic heterocycles. The summed E-state index contributed by atoms with van der Waals surface area (Å²) in [5.74, 6) is 3.22. The van der Waals surface area contributed by atoms with Crippen LogP contribution in [0.15, 0.2) is 364 Å². The largest absolute Gasteiger partial charge is 0.497 e. The van der Waals surface area contributed by atoms with E-state index in [4.69, 9.17) is 9.47 Å². The third kappa shape index (κ3) is 18.7. The molecule has 750 valence electrons. The Morgan fingerprint density at radius 1 is 0.195 bits per heavy atom. The minimum absolute atomic E-state index is 0.0429. The van der Waals surface area contributed by atoms with Crippen molar-refractivity contribution in [1.29, 1.82) is 0 Å². The van der Waals surface area contributed by atoms with Crippen LogP contribution in [0.2, 0.25) is 0 Å². The van der Waals surface area contributed by atoms with Crippen molar-refractivity contribution in [3.05, 3.63) is 553 Å². The highest BCUT2D eigenvalue weighted by molar-refractivity contribution is 5.92. The van der Waals surface area contributed by atoms with Crippen LogP contribution in [0.1, 0.15) is 270 Å². The average Bonchev–Trinajstić information content (AvgIpc) is 1.53. The molecule has 6 aliphatic carbocycles. The second kappa shape index (κ2) is 41.2. The van der Waals surface area contributed by atoms with Crippen LogP contribution in [0.3, 0.4) is 0 Å². The molecule has 1 N–H and O–H groups in total. The van der Waals surface area contributed by atoms with Crippen LogP contribution in [-0.4, -0.2) is 19.3 Å². The summed E-state index contributed by atoms with van der Waals surface area (Å²) < 4.78 is 10.9. The summed E-state index contributed by atoms with van der Waals surface area (Å²) in [6, 6.07) is 135. The molecular formula is C146H148O3. The zero-order valence-electron chi connectivity index (χ0n) is 92.6. The van der Waals surface area contributed by atoms with Crippen LogP contribution in [0.5, 0.6) is 11.5 Å². The van der Waals surface area contributed by atoms with Crippen molar-refractivity contribution >= 4 is 0 Å². The maximum atomic E-state index is 9.61. The number of hydrogen-bond acceptors (Lipinski definition) is 3. The first kappa shape index (κ1) is 103. The monoisotopic (exact) mass is 1950 g/mol. The lowest BCUT2D eigenvalue weighted by atomic mass is 9.67. The van der Waals surface area contributed by atoms with Crippen molar-refractivity contribution in [3.8, 4) is 78.3 Å². The number of methoxy groups -OCH3 is 2. The molecule has 3 nitrogen and oxygen atoms in total. The Bertz CT molecular complexity index is 7530. The van der Waals surface area contributed by atoms with E-state index >= 15 is 0 Å². The Balaban J connectivity index is 0.000000114. The predicted octanol–water partition coefficient (Wildman–Crippen LogP) is 37.1. The smallest absolute Gasteiger partial charge is 0.118 e. The highest BCUT2D eigenvalue weighted by Gasteiger charge is 2.51. The van der Waals surface area contributed by atoms with Crippen molar-refractivity contribution in [1.82, 2.24) is 0 Å². The van der Waals surface area contributed by atoms with Gasteiger partial charge in [-0.2, -0.15) is 0 Å². The van der Waals surface area contributed by atoms with Gasteiger partial charge in [0.2, 0.25) is 0 Å². The Morgan fingerprint density at radius 2 is 0.349 bits per heavy atom. The Labute approximate surface area is 889 Å². The number of hydrogen-bond donors (Lipinski definition) is 1. The first-order chi connectivity index (χ1) is 71.4. The van der Waals surface area contributed by atoms with E-state index in [9.17, 15) is 5.11 Å². The van der Waals surface area contributed by atoms with Crippen LogP contribution in [0.4, 0.5) is 0 Å². The highest BCUT2D eigenvalue weighted by Crippen LogP contribution is 2.63. The zero-order valence-corrected chi connectivity index (χ0v) is 92.6.